The van der Waals surface area contributed by atoms with Crippen molar-refractivity contribution < 1.29 is 9.18 Å². The highest BCUT2D eigenvalue weighted by molar-refractivity contribution is 5.94. The lowest BCUT2D eigenvalue weighted by Crippen LogP contribution is -2.14. The molecule has 0 atom stereocenters. The molecular weight excluding hydrogens is 319 g/mol. The largest absolute Gasteiger partial charge is 0.395 e. The smallest absolute Gasteiger partial charge is 0.224 e. The number of carbonyl (C=O) groups excluding carboxylic acids is 1. The fraction of sp³-hybridized carbons (Fsp3) is 0.368. The van der Waals surface area contributed by atoms with Crippen LogP contribution in [-0.4, -0.2) is 10.9 Å². The van der Waals surface area contributed by atoms with Gasteiger partial charge in [-0.15, -0.1) is 0 Å². The van der Waals surface area contributed by atoms with Gasteiger partial charge in [0.15, 0.2) is 5.82 Å². The molecule has 0 aliphatic heterocycles. The van der Waals surface area contributed by atoms with Crippen LogP contribution in [0.25, 0.3) is 0 Å². The highest BCUT2D eigenvalue weighted by Crippen LogP contribution is 2.28. The van der Waals surface area contributed by atoms with Crippen molar-refractivity contribution in [3.8, 4) is 0 Å². The Labute approximate surface area is 147 Å². The quantitative estimate of drug-likeness (QED) is 0.467. The standard InChI is InChI=1S/C19H25FN4O/c1-2-3-4-5-6-17(25)24-16-8-7-15(18(20)19(16)21)23-13-14-9-11-22-12-10-14/h7-12,23H,2-6,13,21H2,1H3,(H,24,25). The first-order valence-corrected chi connectivity index (χ1v) is 8.62. The van der Waals surface area contributed by atoms with Crippen molar-refractivity contribution in [2.24, 2.45) is 0 Å². The highest BCUT2D eigenvalue weighted by atomic mass is 19.1. The number of rotatable bonds is 9. The van der Waals surface area contributed by atoms with Crippen molar-refractivity contribution in [2.75, 3.05) is 16.4 Å². The van der Waals surface area contributed by atoms with Gasteiger partial charge in [-0.1, -0.05) is 26.2 Å². The number of nitrogens with one attached hydrogen (secondary N) is 2. The van der Waals surface area contributed by atoms with Gasteiger partial charge in [-0.3, -0.25) is 9.78 Å². The number of amides is 1. The van der Waals surface area contributed by atoms with Crippen LogP contribution >= 0.6 is 0 Å². The minimum Gasteiger partial charge on any atom is -0.395 e. The van der Waals surface area contributed by atoms with Crippen molar-refractivity contribution in [3.05, 3.63) is 48.0 Å². The fourth-order valence-electron chi connectivity index (χ4n) is 2.46. The number of pyridine rings is 1. The molecule has 134 valence electrons. The molecule has 0 fully saturated rings. The molecule has 0 bridgehead atoms. The summed E-state index contributed by atoms with van der Waals surface area (Å²) in [6.07, 6.45) is 7.86. The van der Waals surface area contributed by atoms with E-state index in [9.17, 15) is 9.18 Å². The van der Waals surface area contributed by atoms with Gasteiger partial charge in [0.25, 0.3) is 0 Å². The molecular formula is C19H25FN4O. The number of carbonyl (C=O) groups is 1. The van der Waals surface area contributed by atoms with E-state index in [4.69, 9.17) is 5.73 Å². The number of nitrogens with two attached hydrogens (primary N) is 1. The van der Waals surface area contributed by atoms with E-state index in [1.54, 1.807) is 24.5 Å². The topological polar surface area (TPSA) is 80.0 Å². The molecule has 1 heterocycles. The molecule has 5 nitrogen and oxygen atoms in total. The van der Waals surface area contributed by atoms with Crippen LogP contribution < -0.4 is 16.4 Å². The van der Waals surface area contributed by atoms with Crippen molar-refractivity contribution in [1.29, 1.82) is 0 Å². The van der Waals surface area contributed by atoms with E-state index in [1.807, 2.05) is 12.1 Å². The molecule has 25 heavy (non-hydrogen) atoms. The molecule has 0 aliphatic rings. The Bertz CT molecular complexity index is 691. The number of nitrogens with zero attached hydrogens (tertiary/aromatic N) is 1. The Morgan fingerprint density at radius 2 is 1.84 bits per heavy atom. The summed E-state index contributed by atoms with van der Waals surface area (Å²) < 4.78 is 14.4. The molecule has 2 rings (SSSR count). The van der Waals surface area contributed by atoms with Gasteiger partial charge in [-0.25, -0.2) is 4.39 Å². The van der Waals surface area contributed by atoms with E-state index in [0.29, 0.717) is 24.3 Å². The summed E-state index contributed by atoms with van der Waals surface area (Å²) >= 11 is 0. The third-order valence-electron chi connectivity index (χ3n) is 3.94. The van der Waals surface area contributed by atoms with Gasteiger partial charge in [0.05, 0.1) is 17.1 Å². The first-order chi connectivity index (χ1) is 12.1. The van der Waals surface area contributed by atoms with E-state index in [0.717, 1.165) is 31.2 Å². The first-order valence-electron chi connectivity index (χ1n) is 8.62. The molecule has 2 aromatic rings. The average molecular weight is 344 g/mol. The third kappa shape index (κ3) is 5.74. The van der Waals surface area contributed by atoms with Crippen LogP contribution in [-0.2, 0) is 11.3 Å². The van der Waals surface area contributed by atoms with Crippen molar-refractivity contribution in [1.82, 2.24) is 4.98 Å². The van der Waals surface area contributed by atoms with E-state index >= 15 is 0 Å². The molecule has 6 heteroatoms. The maximum atomic E-state index is 14.4. The average Bonchev–Trinajstić information content (AvgIpc) is 2.63. The molecule has 0 unspecified atom stereocenters. The maximum Gasteiger partial charge on any atom is 0.224 e. The third-order valence-corrected chi connectivity index (χ3v) is 3.94. The number of unbranched alkanes of at least 4 members (excludes halogenated alkanes) is 3. The van der Waals surface area contributed by atoms with Crippen molar-refractivity contribution in [2.45, 2.75) is 45.6 Å². The normalized spacial score (nSPS) is 10.5. The van der Waals surface area contributed by atoms with Gasteiger partial charge in [-0.05, 0) is 36.2 Å². The van der Waals surface area contributed by atoms with E-state index in [2.05, 4.69) is 22.5 Å². The summed E-state index contributed by atoms with van der Waals surface area (Å²) in [5.41, 5.74) is 7.38. The monoisotopic (exact) mass is 344 g/mol. The fourth-order valence-corrected chi connectivity index (χ4v) is 2.46. The Morgan fingerprint density at radius 1 is 1.12 bits per heavy atom. The van der Waals surface area contributed by atoms with Crippen LogP contribution in [0.3, 0.4) is 0 Å². The second-order valence-corrected chi connectivity index (χ2v) is 5.96. The van der Waals surface area contributed by atoms with Crippen LogP contribution in [0.5, 0.6) is 0 Å². The Morgan fingerprint density at radius 3 is 2.56 bits per heavy atom. The number of hydrogen-bond donors (Lipinski definition) is 3. The van der Waals surface area contributed by atoms with Crippen LogP contribution in [0, 0.1) is 5.82 Å². The molecule has 0 radical (unpaired) electrons. The summed E-state index contributed by atoms with van der Waals surface area (Å²) in [4.78, 5) is 15.9. The van der Waals surface area contributed by atoms with Crippen molar-refractivity contribution in [3.63, 3.8) is 0 Å². The summed E-state index contributed by atoms with van der Waals surface area (Å²) in [5, 5.41) is 5.69. The van der Waals surface area contributed by atoms with Crippen LogP contribution in [0.2, 0.25) is 0 Å². The molecule has 0 saturated heterocycles. The molecule has 1 aromatic heterocycles. The summed E-state index contributed by atoms with van der Waals surface area (Å²) in [7, 11) is 0. The van der Waals surface area contributed by atoms with Crippen LogP contribution in [0.15, 0.2) is 36.7 Å². The van der Waals surface area contributed by atoms with Gasteiger partial charge in [0, 0.05) is 25.4 Å². The molecule has 1 amide bonds. The first kappa shape index (κ1) is 18.7. The van der Waals surface area contributed by atoms with Gasteiger partial charge in [0.1, 0.15) is 0 Å². The minimum absolute atomic E-state index is 0.0540. The Balaban J connectivity index is 1.93. The number of anilines is 3. The van der Waals surface area contributed by atoms with E-state index < -0.39 is 5.82 Å². The highest BCUT2D eigenvalue weighted by Gasteiger charge is 2.12. The lowest BCUT2D eigenvalue weighted by molar-refractivity contribution is -0.116. The second kappa shape index (κ2) is 9.61. The van der Waals surface area contributed by atoms with Gasteiger partial charge >= 0.3 is 0 Å². The molecule has 1 aromatic carbocycles. The lowest BCUT2D eigenvalue weighted by Gasteiger charge is -2.13. The van der Waals surface area contributed by atoms with Crippen LogP contribution in [0.1, 0.15) is 44.6 Å². The van der Waals surface area contributed by atoms with E-state index in [1.165, 1.54) is 0 Å². The van der Waals surface area contributed by atoms with Crippen LogP contribution in [0.4, 0.5) is 21.5 Å². The maximum absolute atomic E-state index is 14.4. The number of halogens is 1. The van der Waals surface area contributed by atoms with Gasteiger partial charge in [-0.2, -0.15) is 0 Å². The minimum atomic E-state index is -0.558. The second-order valence-electron chi connectivity index (χ2n) is 5.96. The van der Waals surface area contributed by atoms with Crippen molar-refractivity contribution >= 4 is 23.0 Å². The zero-order valence-corrected chi connectivity index (χ0v) is 14.5. The zero-order chi connectivity index (χ0) is 18.1. The van der Waals surface area contributed by atoms with Gasteiger partial charge in [0.2, 0.25) is 5.91 Å². The summed E-state index contributed by atoms with van der Waals surface area (Å²) in [6, 6.07) is 6.90. The zero-order valence-electron chi connectivity index (χ0n) is 14.5. The van der Waals surface area contributed by atoms with Gasteiger partial charge < -0.3 is 16.4 Å². The number of nitrogen functional groups attached to an aromatic ring is 1. The number of benzene rings is 1. The SMILES string of the molecule is CCCCCCC(=O)Nc1ccc(NCc2ccncc2)c(F)c1N. The predicted molar refractivity (Wildman–Crippen MR) is 99.8 cm³/mol. The number of aromatic nitrogens is 1. The number of hydrogen-bond acceptors (Lipinski definition) is 4. The summed E-state index contributed by atoms with van der Waals surface area (Å²) in [5.74, 6) is -0.697. The molecule has 0 aliphatic carbocycles. The molecule has 0 saturated carbocycles. The Hall–Kier alpha value is -2.63. The molecule has 4 N–H and O–H groups in total. The van der Waals surface area contributed by atoms with E-state index in [-0.39, 0.29) is 11.6 Å². The Kier molecular flexibility index (Phi) is 7.19. The summed E-state index contributed by atoms with van der Waals surface area (Å²) in [6.45, 7) is 2.58. The molecule has 0 spiro atoms. The predicted octanol–water partition coefficient (Wildman–Crippen LogP) is 4.32. The lowest BCUT2D eigenvalue weighted by atomic mass is 10.1.